The monoisotopic (exact) mass is 1850 g/mol. The van der Waals surface area contributed by atoms with Gasteiger partial charge >= 0.3 is 23.9 Å². The molecule has 130 heavy (non-hydrogen) atoms. The minimum atomic E-state index is -2.12. The number of cyclic esters (lactones) is 4. The zero-order valence-corrected chi connectivity index (χ0v) is 69.2. The van der Waals surface area contributed by atoms with Crippen molar-refractivity contribution < 1.29 is 174 Å². The molecule has 6 fully saturated rings. The number of carbonyl (C=O) groups is 12. The molecule has 48 heteroatoms. The lowest BCUT2D eigenvalue weighted by atomic mass is 9.90. The van der Waals surface area contributed by atoms with Crippen molar-refractivity contribution in [2.75, 3.05) is 26.9 Å². The van der Waals surface area contributed by atoms with Crippen LogP contribution in [-0.2, 0) is 95.6 Å². The number of para-hydroxylation sites is 3. The quantitative estimate of drug-likeness (QED) is 0.0302. The van der Waals surface area contributed by atoms with Gasteiger partial charge in [0.2, 0.25) is 70.9 Å². The highest BCUT2D eigenvalue weighted by molar-refractivity contribution is 6.02. The summed E-state index contributed by atoms with van der Waals surface area (Å²) >= 11 is 0. The fourth-order valence-electron chi connectivity index (χ4n) is 14.2. The summed E-state index contributed by atoms with van der Waals surface area (Å²) in [4.78, 5) is 168. The number of aliphatic hydroxyl groups is 3. The van der Waals surface area contributed by atoms with Crippen molar-refractivity contribution in [2.24, 2.45) is 17.8 Å². The maximum atomic E-state index is 14.6. The van der Waals surface area contributed by atoms with Gasteiger partial charge in [-0.15, -0.1) is 0 Å². The number of hydrogen-bond donors (Lipinski definition) is 13. The minimum absolute atomic E-state index is 0.239. The number of nitrogens with one attached hydrogen (secondary N) is 7. The average molecular weight is 1850 g/mol. The predicted molar refractivity (Wildman–Crippen MR) is 411 cm³/mol. The number of amides is 8. The molecule has 6 saturated heterocycles. The fourth-order valence-corrected chi connectivity index (χ4v) is 14.2. The molecule has 0 aliphatic carbocycles. The molecule has 6 unspecified atom stereocenters. The van der Waals surface area contributed by atoms with E-state index in [2.05, 4.69) is 52.2 Å². The van der Waals surface area contributed by atoms with Crippen LogP contribution in [0.3, 0.4) is 0 Å². The second kappa shape index (κ2) is 42.5. The molecule has 13 N–H and O–H groups in total. The summed E-state index contributed by atoms with van der Waals surface area (Å²) in [6.45, 7) is 8.00. The highest BCUT2D eigenvalue weighted by atomic mass is 19.2. The van der Waals surface area contributed by atoms with Crippen LogP contribution in [0.5, 0.6) is 17.2 Å². The molecular formula is C82H85F12N11O25. The Kier molecular flexibility index (Phi) is 32.5. The van der Waals surface area contributed by atoms with Crippen LogP contribution in [0, 0.1) is 88.3 Å². The third-order valence-corrected chi connectivity index (χ3v) is 22.2. The van der Waals surface area contributed by atoms with E-state index in [1.807, 2.05) is 0 Å². The van der Waals surface area contributed by atoms with Gasteiger partial charge in [0.25, 0.3) is 35.6 Å². The first-order valence-electron chi connectivity index (χ1n) is 39.8. The average Bonchev–Trinajstić information content (AvgIpc) is 0.787. The number of ether oxygens (including phenoxy) is 7. The van der Waals surface area contributed by atoms with E-state index < -0.39 is 322 Å². The molecule has 3 aromatic heterocycles. The third kappa shape index (κ3) is 22.5. The van der Waals surface area contributed by atoms with Crippen molar-refractivity contribution in [2.45, 2.75) is 189 Å². The van der Waals surface area contributed by atoms with Crippen LogP contribution in [0.1, 0.15) is 109 Å². The van der Waals surface area contributed by atoms with E-state index in [9.17, 15) is 141 Å². The van der Waals surface area contributed by atoms with Crippen molar-refractivity contribution in [1.82, 2.24) is 57.1 Å². The Labute approximate surface area is 727 Å². The number of esters is 4. The highest BCUT2D eigenvalue weighted by Crippen LogP contribution is 2.32. The van der Waals surface area contributed by atoms with Gasteiger partial charge in [0, 0.05) is 69.2 Å². The van der Waals surface area contributed by atoms with E-state index >= 15 is 0 Å². The summed E-state index contributed by atoms with van der Waals surface area (Å²) in [5.74, 6) is -42.0. The predicted octanol–water partition coefficient (Wildman–Crippen LogP) is 1.93. The number of phenolic OH excluding ortho intramolecular Hbond substituents is 3. The van der Waals surface area contributed by atoms with Gasteiger partial charge in [-0.2, -0.15) is 54.5 Å². The van der Waals surface area contributed by atoms with Crippen molar-refractivity contribution in [3.05, 3.63) is 177 Å². The molecule has 36 nitrogen and oxygen atoms in total. The number of carbonyl (C=O) groups excluding carboxylic acids is 12. The summed E-state index contributed by atoms with van der Waals surface area (Å²) in [5, 5.41) is 79.8. The topological polar surface area (TPSA) is 517 Å². The molecule has 6 aliphatic heterocycles. The molecule has 0 spiro atoms. The number of hydrogen-bond acceptors (Lipinski definition) is 28. The van der Waals surface area contributed by atoms with E-state index in [0.717, 1.165) is 11.8 Å². The number of pyridine rings is 3. The standard InChI is InChI=1S/C28H30F4N4O8.C27H28F4N4O8.C27H27F4N3O9/c1-11-22(38)15(10-14-18(29)19(30)24(32)35-23(14)31)33-26(40)20(34-25(39)13-6-4-5-7-16(13)37)12(2)44-28(42)21(17-8-9-43-17)36(3)27(11)41;1-10-21(37)14(9-13-17(28)18(29)23(31)35-22(13)30)32-26(40)19(33-25(39)12-5-3-4-6-15(12)36)11(2)43-27(41)20(34-24(10)38)16-7-8-42-16;1-10-20(36)14(9-13-17(28)18(29)23(31)34-22(13)30)32-25(38)19(33-24(37)12-5-3-4-6-15(12)35)11(2)42-27(40)21(43-26(10)39)16-7-8-41-16/h4-7,11-12,15,17,20-22,37-38H,8-10H2,1-3H3,(H,33,40)(H,34,39);3-6,10-11,14,16,19-21,36-37H,7-9H2,1-2H3,(H,32,40)(H,33,39)(H,34,38);3-6,10-11,14,16,19-21,35-36H,7-9H2,1-2H3,(H,32,38)(H,33,37)/t11-,12-,15+,17?,20+,21?,22+;10-,11-,14+,16?,19+,20?,21+;10-,11-,14+,16?,19+,20+,21?/m111/s1. The Morgan fingerprint density at radius 1 is 0.392 bits per heavy atom. The van der Waals surface area contributed by atoms with Crippen LogP contribution in [-0.4, -0.2) is 258 Å². The van der Waals surface area contributed by atoms with Crippen LogP contribution in [0.15, 0.2) is 72.8 Å². The lowest BCUT2D eigenvalue weighted by Crippen LogP contribution is -2.62. The number of rotatable bonds is 15. The minimum Gasteiger partial charge on any atom is -0.507 e. The van der Waals surface area contributed by atoms with Crippen LogP contribution in [0.2, 0.25) is 0 Å². The number of likely N-dealkylation sites (N-methyl/N-ethyl adjacent to an activating group) is 1. The van der Waals surface area contributed by atoms with Crippen molar-refractivity contribution in [3.63, 3.8) is 0 Å². The van der Waals surface area contributed by atoms with Gasteiger partial charge < -0.3 is 106 Å². The molecule has 21 atom stereocenters. The van der Waals surface area contributed by atoms with E-state index in [1.165, 1.54) is 114 Å². The summed E-state index contributed by atoms with van der Waals surface area (Å²) in [7, 11) is 1.25. The summed E-state index contributed by atoms with van der Waals surface area (Å²) in [6, 6.07) is 2.65. The third-order valence-electron chi connectivity index (χ3n) is 22.2. The molecule has 6 aliphatic rings. The zero-order valence-electron chi connectivity index (χ0n) is 69.2. The number of nitrogens with zero attached hydrogens (tertiary/aromatic N) is 4. The second-order valence-electron chi connectivity index (χ2n) is 30.9. The molecule has 12 rings (SSSR count). The van der Waals surface area contributed by atoms with Crippen molar-refractivity contribution in [3.8, 4) is 17.2 Å². The zero-order chi connectivity index (χ0) is 95.6. The molecule has 8 amide bonds. The molecule has 702 valence electrons. The van der Waals surface area contributed by atoms with Crippen molar-refractivity contribution >= 4 is 71.1 Å². The van der Waals surface area contributed by atoms with Gasteiger partial charge in [0.1, 0.15) is 59.8 Å². The number of aromatic hydroxyl groups is 3. The Balaban J connectivity index is 0.000000203. The molecule has 0 bridgehead atoms. The number of benzene rings is 3. The largest absolute Gasteiger partial charge is 0.507 e. The fraction of sp³-hybridized carbons (Fsp3) is 0.451. The van der Waals surface area contributed by atoms with Gasteiger partial charge in [0.15, 0.2) is 29.5 Å². The van der Waals surface area contributed by atoms with E-state index in [-0.39, 0.29) is 42.9 Å². The Hall–Kier alpha value is -12.9. The molecule has 0 saturated carbocycles. The highest BCUT2D eigenvalue weighted by Gasteiger charge is 2.50. The van der Waals surface area contributed by atoms with Gasteiger partial charge in [-0.05, 0) is 76.9 Å². The Morgan fingerprint density at radius 3 is 1.04 bits per heavy atom. The van der Waals surface area contributed by atoms with Gasteiger partial charge in [-0.3, -0.25) is 43.2 Å². The van der Waals surface area contributed by atoms with E-state index in [4.69, 9.17) is 33.2 Å². The molecular weight excluding hydrogens is 1770 g/mol. The smallest absolute Gasteiger partial charge is 0.350 e. The summed E-state index contributed by atoms with van der Waals surface area (Å²) in [5.41, 5.74) is -4.21. The second-order valence-corrected chi connectivity index (χ2v) is 30.9. The maximum Gasteiger partial charge on any atom is 0.350 e. The van der Waals surface area contributed by atoms with Crippen LogP contribution in [0.4, 0.5) is 52.7 Å². The lowest BCUT2D eigenvalue weighted by Gasteiger charge is -2.41. The molecule has 3 aromatic carbocycles. The van der Waals surface area contributed by atoms with Gasteiger partial charge in [0.05, 0.1) is 83.1 Å². The van der Waals surface area contributed by atoms with Crippen LogP contribution < -0.4 is 37.2 Å². The summed E-state index contributed by atoms with van der Waals surface area (Å²) in [6.07, 6.45) is -16.5. The number of aromatic nitrogens is 3. The SMILES string of the molecule is C[C@H]1OC(=O)C(C2CCO2)N(C)C(=O)[C@H](C)[C@H](O)[C@H](Cc2c(F)nc(F)c(F)c2F)NC(=O)[C@H]1NC(=O)c1ccccc1O.C[C@H]1OC(=O)C(C2CCO2)NC(=O)[C@H](C)[C@H](O)[C@H](Cc2c(F)nc(F)c(F)c2F)NC(=O)[C@H]1NC(=O)c1ccccc1O.C[C@H]1OC(=O)C(C2CCO2)OC(=O)[C@H](C)[C@H](O)[C@H](Cc2c(F)nc(F)c(F)c2F)NC(=O)[C@H]1NC(=O)c1ccccc1O. The van der Waals surface area contributed by atoms with E-state index in [0.29, 0.717) is 12.8 Å². The van der Waals surface area contributed by atoms with Gasteiger partial charge in [-0.25, -0.2) is 27.6 Å². The molecule has 9 heterocycles. The number of halogens is 12. The maximum absolute atomic E-state index is 14.6. The first-order valence-corrected chi connectivity index (χ1v) is 39.8. The van der Waals surface area contributed by atoms with Crippen LogP contribution >= 0.6 is 0 Å². The molecule has 0 radical (unpaired) electrons. The van der Waals surface area contributed by atoms with Crippen molar-refractivity contribution in [1.29, 1.82) is 0 Å². The summed E-state index contributed by atoms with van der Waals surface area (Å²) < 4.78 is 207. The normalized spacial score (nSPS) is 28.3. The number of aliphatic hydroxyl groups excluding tert-OH is 3. The Morgan fingerprint density at radius 2 is 0.708 bits per heavy atom. The van der Waals surface area contributed by atoms with E-state index in [1.54, 1.807) is 0 Å². The van der Waals surface area contributed by atoms with Gasteiger partial charge in [-0.1, -0.05) is 50.2 Å². The number of phenols is 3. The Bertz CT molecular complexity index is 5110. The molecule has 6 aromatic rings. The first kappa shape index (κ1) is 99.2. The lowest BCUT2D eigenvalue weighted by molar-refractivity contribution is -0.198. The first-order chi connectivity index (χ1) is 61.3. The van der Waals surface area contributed by atoms with Crippen LogP contribution in [0.25, 0.3) is 0 Å².